The highest BCUT2D eigenvalue weighted by Gasteiger charge is 2.18. The normalized spacial score (nSPS) is 12.5. The molecule has 0 bridgehead atoms. The Bertz CT molecular complexity index is 1430. The smallest absolute Gasteiger partial charge is 0.305 e. The molecule has 0 aliphatic carbocycles. The summed E-state index contributed by atoms with van der Waals surface area (Å²) in [5, 5.41) is 23.3. The van der Waals surface area contributed by atoms with Crippen LogP contribution < -0.4 is 5.32 Å². The number of hydrogen-bond acceptors (Lipinski definition) is 5. The standard InChI is InChI=1S/C85H165NO5/c1-3-5-7-9-11-13-15-17-19-20-21-22-40-43-46-50-53-57-61-65-69-73-77-83(88)82(81-87)86-84(89)78-74-70-66-62-58-54-51-47-44-41-38-36-34-32-30-28-26-24-23-25-27-29-31-33-35-37-39-42-45-48-52-56-60-64-68-72-76-80-91-85(90)79-75-71-67-63-59-55-49-18-16-14-12-10-8-6-4-2/h18,49,73,77,82-83,87-88H,3-17,19-48,50-72,74-76,78-81H2,1-2H3,(H,86,89)/b49-18-,77-73+. The lowest BCUT2D eigenvalue weighted by Gasteiger charge is -2.20. The molecule has 0 aliphatic heterocycles. The van der Waals surface area contributed by atoms with Crippen LogP contribution in [0.5, 0.6) is 0 Å². The van der Waals surface area contributed by atoms with Crippen LogP contribution in [0.4, 0.5) is 0 Å². The van der Waals surface area contributed by atoms with E-state index in [0.717, 1.165) is 44.9 Å². The summed E-state index contributed by atoms with van der Waals surface area (Å²) in [4.78, 5) is 24.6. The number of allylic oxidation sites excluding steroid dienone is 3. The molecule has 6 nitrogen and oxygen atoms in total. The maximum absolute atomic E-state index is 12.6. The second kappa shape index (κ2) is 80.8. The van der Waals surface area contributed by atoms with Crippen molar-refractivity contribution in [2.24, 2.45) is 0 Å². The van der Waals surface area contributed by atoms with Gasteiger partial charge in [-0.1, -0.05) is 436 Å². The Morgan fingerprint density at radius 3 is 0.780 bits per heavy atom. The van der Waals surface area contributed by atoms with Gasteiger partial charge in [0.25, 0.3) is 0 Å². The van der Waals surface area contributed by atoms with Crippen molar-refractivity contribution in [3.63, 3.8) is 0 Å². The molecule has 0 fully saturated rings. The minimum absolute atomic E-state index is 0.0163. The first-order valence-electron chi connectivity index (χ1n) is 42.1. The monoisotopic (exact) mass is 1280 g/mol. The highest BCUT2D eigenvalue weighted by molar-refractivity contribution is 5.76. The van der Waals surface area contributed by atoms with Gasteiger partial charge in [0.05, 0.1) is 25.4 Å². The molecule has 3 N–H and O–H groups in total. The number of rotatable bonds is 80. The number of nitrogens with one attached hydrogen (secondary N) is 1. The van der Waals surface area contributed by atoms with E-state index in [1.165, 1.54) is 411 Å². The van der Waals surface area contributed by atoms with Crippen LogP contribution >= 0.6 is 0 Å². The molecule has 2 unspecified atom stereocenters. The molecular formula is C85H165NO5. The van der Waals surface area contributed by atoms with Crippen molar-refractivity contribution in [1.29, 1.82) is 0 Å². The highest BCUT2D eigenvalue weighted by atomic mass is 16.5. The van der Waals surface area contributed by atoms with Crippen LogP contribution in [0.1, 0.15) is 483 Å². The van der Waals surface area contributed by atoms with Crippen molar-refractivity contribution >= 4 is 11.9 Å². The summed E-state index contributed by atoms with van der Waals surface area (Å²) < 4.78 is 5.50. The molecule has 0 spiro atoms. The summed E-state index contributed by atoms with van der Waals surface area (Å²) in [6.07, 6.45) is 105. The summed E-state index contributed by atoms with van der Waals surface area (Å²) >= 11 is 0. The molecular weight excluding hydrogens is 1110 g/mol. The molecule has 91 heavy (non-hydrogen) atoms. The van der Waals surface area contributed by atoms with Gasteiger partial charge in [0.15, 0.2) is 0 Å². The fourth-order valence-electron chi connectivity index (χ4n) is 13.6. The Balaban J connectivity index is 3.32. The number of carbonyl (C=O) groups is 2. The summed E-state index contributed by atoms with van der Waals surface area (Å²) in [7, 11) is 0. The third-order valence-corrected chi connectivity index (χ3v) is 20.0. The Labute approximate surface area is 571 Å². The van der Waals surface area contributed by atoms with Gasteiger partial charge < -0.3 is 20.3 Å². The molecule has 0 saturated carbocycles. The molecule has 0 aromatic heterocycles. The van der Waals surface area contributed by atoms with Crippen molar-refractivity contribution in [2.45, 2.75) is 495 Å². The minimum atomic E-state index is -0.841. The third kappa shape index (κ3) is 77.2. The molecule has 0 rings (SSSR count). The van der Waals surface area contributed by atoms with E-state index in [2.05, 4.69) is 31.3 Å². The molecule has 0 saturated heterocycles. The Hall–Kier alpha value is -1.66. The second-order valence-corrected chi connectivity index (χ2v) is 29.2. The summed E-state index contributed by atoms with van der Waals surface area (Å²) in [6.45, 7) is 4.95. The average molecular weight is 1280 g/mol. The van der Waals surface area contributed by atoms with Gasteiger partial charge in [-0.15, -0.1) is 0 Å². The highest BCUT2D eigenvalue weighted by Crippen LogP contribution is 2.21. The molecule has 0 aromatic rings. The molecule has 1 amide bonds. The van der Waals surface area contributed by atoms with Gasteiger partial charge in [0.1, 0.15) is 0 Å². The first kappa shape index (κ1) is 89.3. The maximum Gasteiger partial charge on any atom is 0.305 e. The molecule has 0 heterocycles. The summed E-state index contributed by atoms with van der Waals surface area (Å²) in [6, 6.07) is -0.624. The van der Waals surface area contributed by atoms with Gasteiger partial charge in [-0.3, -0.25) is 9.59 Å². The molecule has 2 atom stereocenters. The number of carbonyl (C=O) groups excluding carboxylic acids is 2. The van der Waals surface area contributed by atoms with E-state index < -0.39 is 12.1 Å². The van der Waals surface area contributed by atoms with E-state index in [1.807, 2.05) is 6.08 Å². The van der Waals surface area contributed by atoms with Crippen molar-refractivity contribution in [3.05, 3.63) is 24.3 Å². The molecule has 0 radical (unpaired) electrons. The van der Waals surface area contributed by atoms with E-state index in [0.29, 0.717) is 19.4 Å². The largest absolute Gasteiger partial charge is 0.466 e. The van der Waals surface area contributed by atoms with Crippen molar-refractivity contribution < 1.29 is 24.5 Å². The predicted octanol–water partition coefficient (Wildman–Crippen LogP) is 28.0. The molecule has 540 valence electrons. The Kier molecular flexibility index (Phi) is 79.3. The molecule has 0 aliphatic rings. The first-order valence-corrected chi connectivity index (χ1v) is 42.1. The topological polar surface area (TPSA) is 95.9 Å². The lowest BCUT2D eigenvalue weighted by Crippen LogP contribution is -2.45. The Morgan fingerprint density at radius 1 is 0.297 bits per heavy atom. The van der Waals surface area contributed by atoms with Crippen molar-refractivity contribution in [1.82, 2.24) is 5.32 Å². The van der Waals surface area contributed by atoms with Crippen LogP contribution in [0.3, 0.4) is 0 Å². The number of aliphatic hydroxyl groups excluding tert-OH is 2. The quantitative estimate of drug-likeness (QED) is 0.0320. The SMILES string of the molecule is CCCCCCCC/C=C\CCCCCCCC(=O)OCCCCCCCCCCCCCCCCCCCCCCCCCCCCCCCCCCCCCCCC(=O)NC(CO)C(O)/C=C/CCCCCCCCCCCCCCCCCCCCCC. The van der Waals surface area contributed by atoms with Gasteiger partial charge in [-0.05, 0) is 57.8 Å². The van der Waals surface area contributed by atoms with Gasteiger partial charge in [0, 0.05) is 12.8 Å². The van der Waals surface area contributed by atoms with Crippen molar-refractivity contribution in [2.75, 3.05) is 13.2 Å². The van der Waals surface area contributed by atoms with E-state index in [-0.39, 0.29) is 18.5 Å². The third-order valence-electron chi connectivity index (χ3n) is 20.0. The van der Waals surface area contributed by atoms with Crippen molar-refractivity contribution in [3.8, 4) is 0 Å². The average Bonchev–Trinajstić information content (AvgIpc) is 3.69. The zero-order valence-corrected chi connectivity index (χ0v) is 62.1. The number of unbranched alkanes of at least 4 members (excludes halogenated alkanes) is 67. The minimum Gasteiger partial charge on any atom is -0.466 e. The van der Waals surface area contributed by atoms with Gasteiger partial charge in [0.2, 0.25) is 5.91 Å². The van der Waals surface area contributed by atoms with Crippen LogP contribution in [0.15, 0.2) is 24.3 Å². The van der Waals surface area contributed by atoms with Crippen LogP contribution in [0, 0.1) is 0 Å². The first-order chi connectivity index (χ1) is 45.0. The predicted molar refractivity (Wildman–Crippen MR) is 403 cm³/mol. The lowest BCUT2D eigenvalue weighted by atomic mass is 10.0. The Morgan fingerprint density at radius 2 is 0.516 bits per heavy atom. The summed E-state index contributed by atoms with van der Waals surface area (Å²) in [5.74, 6) is -0.0406. The van der Waals surface area contributed by atoms with E-state index in [1.54, 1.807) is 6.08 Å². The zero-order chi connectivity index (χ0) is 65.6. The number of esters is 1. The summed E-state index contributed by atoms with van der Waals surface area (Å²) in [5.41, 5.74) is 0. The number of amides is 1. The van der Waals surface area contributed by atoms with E-state index in [9.17, 15) is 19.8 Å². The lowest BCUT2D eigenvalue weighted by molar-refractivity contribution is -0.143. The molecule has 0 aromatic carbocycles. The fraction of sp³-hybridized carbons (Fsp3) is 0.929. The van der Waals surface area contributed by atoms with Crippen LogP contribution in [0.2, 0.25) is 0 Å². The van der Waals surface area contributed by atoms with Crippen LogP contribution in [-0.4, -0.2) is 47.4 Å². The van der Waals surface area contributed by atoms with Gasteiger partial charge in [-0.2, -0.15) is 0 Å². The fourth-order valence-corrected chi connectivity index (χ4v) is 13.6. The second-order valence-electron chi connectivity index (χ2n) is 29.2. The van der Waals surface area contributed by atoms with Crippen LogP contribution in [-0.2, 0) is 14.3 Å². The molecule has 6 heteroatoms. The van der Waals surface area contributed by atoms with Gasteiger partial charge >= 0.3 is 5.97 Å². The zero-order valence-electron chi connectivity index (χ0n) is 62.1. The van der Waals surface area contributed by atoms with E-state index in [4.69, 9.17) is 4.74 Å². The van der Waals surface area contributed by atoms with Gasteiger partial charge in [-0.25, -0.2) is 0 Å². The van der Waals surface area contributed by atoms with E-state index >= 15 is 0 Å². The number of ether oxygens (including phenoxy) is 1. The van der Waals surface area contributed by atoms with Crippen LogP contribution in [0.25, 0.3) is 0 Å². The number of aliphatic hydroxyl groups is 2. The maximum atomic E-state index is 12.6. The number of hydrogen-bond donors (Lipinski definition) is 3.